The third-order valence-electron chi connectivity index (χ3n) is 1.69. The second-order valence-corrected chi connectivity index (χ2v) is 2.69. The summed E-state index contributed by atoms with van der Waals surface area (Å²) in [6, 6.07) is 0.275. The van der Waals surface area contributed by atoms with Crippen LogP contribution in [0.3, 0.4) is 0 Å². The summed E-state index contributed by atoms with van der Waals surface area (Å²) < 4.78 is 37.8. The molecule has 1 atom stereocenters. The molecule has 0 aromatic carbocycles. The Morgan fingerprint density at radius 1 is 1.43 bits per heavy atom. The fraction of sp³-hybridized carbons (Fsp3) is 0.250. The van der Waals surface area contributed by atoms with Crippen molar-refractivity contribution in [3.63, 3.8) is 0 Å². The Balaban J connectivity index is 3.22. The van der Waals surface area contributed by atoms with Crippen molar-refractivity contribution in [1.29, 1.82) is 0 Å². The highest BCUT2D eigenvalue weighted by atomic mass is 19.2. The zero-order valence-electron chi connectivity index (χ0n) is 7.09. The van der Waals surface area contributed by atoms with E-state index < -0.39 is 35.2 Å². The van der Waals surface area contributed by atoms with E-state index in [1.807, 2.05) is 0 Å². The number of carboxylic acids is 1. The van der Waals surface area contributed by atoms with E-state index in [1.54, 1.807) is 0 Å². The molecule has 0 spiro atoms. The first kappa shape index (κ1) is 10.5. The Morgan fingerprint density at radius 3 is 2.50 bits per heavy atom. The highest BCUT2D eigenvalue weighted by molar-refractivity contribution is 5.74. The van der Waals surface area contributed by atoms with Gasteiger partial charge in [0.05, 0.1) is 11.6 Å². The summed E-state index contributed by atoms with van der Waals surface area (Å²) >= 11 is 0. The Labute approximate surface area is 77.2 Å². The standard InChI is InChI=1S/C8H6F3NO2/c1-3(8(13)14)6-4(9)2-5(10)7(11)12-6/h2-3H,1H3,(H,13,14). The number of rotatable bonds is 2. The summed E-state index contributed by atoms with van der Waals surface area (Å²) in [4.78, 5) is 13.3. The lowest BCUT2D eigenvalue weighted by Crippen LogP contribution is -2.13. The average molecular weight is 205 g/mol. The summed E-state index contributed by atoms with van der Waals surface area (Å²) in [5.74, 6) is -6.79. The van der Waals surface area contributed by atoms with Gasteiger partial charge >= 0.3 is 5.97 Å². The molecule has 1 rings (SSSR count). The number of nitrogens with zero attached hydrogens (tertiary/aromatic N) is 1. The number of aliphatic carboxylic acids is 1. The molecule has 0 saturated heterocycles. The van der Waals surface area contributed by atoms with Gasteiger partial charge in [0.25, 0.3) is 0 Å². The van der Waals surface area contributed by atoms with Crippen LogP contribution < -0.4 is 0 Å². The Bertz CT molecular complexity index is 381. The van der Waals surface area contributed by atoms with Crippen LogP contribution in [0.1, 0.15) is 18.5 Å². The van der Waals surface area contributed by atoms with Crippen LogP contribution in [-0.4, -0.2) is 16.1 Å². The molecule has 0 aliphatic heterocycles. The van der Waals surface area contributed by atoms with Crippen LogP contribution in [0.4, 0.5) is 13.2 Å². The molecule has 0 bridgehead atoms. The number of carboxylic acid groups (broad SMARTS) is 1. The van der Waals surface area contributed by atoms with Crippen LogP contribution in [0, 0.1) is 17.6 Å². The van der Waals surface area contributed by atoms with E-state index in [1.165, 1.54) is 0 Å². The van der Waals surface area contributed by atoms with E-state index in [9.17, 15) is 18.0 Å². The molecule has 0 amide bonds. The first-order valence-corrected chi connectivity index (χ1v) is 3.67. The molecule has 1 heterocycles. The van der Waals surface area contributed by atoms with Crippen LogP contribution in [0.5, 0.6) is 0 Å². The molecule has 1 aromatic heterocycles. The highest BCUT2D eigenvalue weighted by Gasteiger charge is 2.22. The summed E-state index contributed by atoms with van der Waals surface area (Å²) in [7, 11) is 0. The number of hydrogen-bond donors (Lipinski definition) is 1. The van der Waals surface area contributed by atoms with Crippen molar-refractivity contribution >= 4 is 5.97 Å². The Hall–Kier alpha value is -1.59. The Morgan fingerprint density at radius 2 is 2.00 bits per heavy atom. The van der Waals surface area contributed by atoms with Crippen molar-refractivity contribution in [2.24, 2.45) is 0 Å². The predicted molar refractivity (Wildman–Crippen MR) is 40.2 cm³/mol. The van der Waals surface area contributed by atoms with Crippen molar-refractivity contribution in [3.8, 4) is 0 Å². The van der Waals surface area contributed by atoms with Gasteiger partial charge in [-0.3, -0.25) is 4.79 Å². The monoisotopic (exact) mass is 205 g/mol. The van der Waals surface area contributed by atoms with Crippen LogP contribution in [-0.2, 0) is 4.79 Å². The van der Waals surface area contributed by atoms with Crippen molar-refractivity contribution in [2.75, 3.05) is 0 Å². The van der Waals surface area contributed by atoms with E-state index in [0.29, 0.717) is 0 Å². The van der Waals surface area contributed by atoms with Gasteiger partial charge in [-0.1, -0.05) is 0 Å². The van der Waals surface area contributed by atoms with E-state index in [-0.39, 0.29) is 6.07 Å². The SMILES string of the molecule is CC(C(=O)O)c1nc(F)c(F)cc1F. The van der Waals surface area contributed by atoms with E-state index in [4.69, 9.17) is 5.11 Å². The second kappa shape index (κ2) is 3.65. The zero-order chi connectivity index (χ0) is 10.9. The number of pyridine rings is 1. The molecular weight excluding hydrogens is 199 g/mol. The lowest BCUT2D eigenvalue weighted by molar-refractivity contribution is -0.138. The van der Waals surface area contributed by atoms with E-state index >= 15 is 0 Å². The fourth-order valence-corrected chi connectivity index (χ4v) is 0.878. The number of hydrogen-bond acceptors (Lipinski definition) is 2. The smallest absolute Gasteiger partial charge is 0.312 e. The minimum atomic E-state index is -1.51. The van der Waals surface area contributed by atoms with Crippen LogP contribution in [0.15, 0.2) is 6.07 Å². The predicted octanol–water partition coefficient (Wildman–Crippen LogP) is 1.69. The first-order chi connectivity index (χ1) is 6.43. The van der Waals surface area contributed by atoms with Crippen LogP contribution in [0.2, 0.25) is 0 Å². The zero-order valence-corrected chi connectivity index (χ0v) is 7.09. The van der Waals surface area contributed by atoms with Crippen molar-refractivity contribution in [3.05, 3.63) is 29.3 Å². The summed E-state index contributed by atoms with van der Waals surface area (Å²) in [6.07, 6.45) is 0. The van der Waals surface area contributed by atoms with E-state index in [0.717, 1.165) is 6.92 Å². The molecule has 0 fully saturated rings. The lowest BCUT2D eigenvalue weighted by Gasteiger charge is -2.06. The summed E-state index contributed by atoms with van der Waals surface area (Å²) in [5.41, 5.74) is -0.614. The molecule has 6 heteroatoms. The van der Waals surface area contributed by atoms with Crippen molar-refractivity contribution < 1.29 is 23.1 Å². The lowest BCUT2D eigenvalue weighted by atomic mass is 10.1. The number of aromatic nitrogens is 1. The maximum atomic E-state index is 12.9. The highest BCUT2D eigenvalue weighted by Crippen LogP contribution is 2.18. The van der Waals surface area contributed by atoms with Gasteiger partial charge in [0.2, 0.25) is 5.95 Å². The van der Waals surface area contributed by atoms with Crippen molar-refractivity contribution in [2.45, 2.75) is 12.8 Å². The average Bonchev–Trinajstić information content (AvgIpc) is 2.10. The van der Waals surface area contributed by atoms with Gasteiger partial charge in [-0.25, -0.2) is 13.8 Å². The molecule has 3 nitrogen and oxygen atoms in total. The normalized spacial score (nSPS) is 12.6. The molecule has 0 saturated carbocycles. The number of carbonyl (C=O) groups is 1. The van der Waals surface area contributed by atoms with E-state index in [2.05, 4.69) is 4.98 Å². The van der Waals surface area contributed by atoms with Gasteiger partial charge in [-0.15, -0.1) is 0 Å². The van der Waals surface area contributed by atoms with Gasteiger partial charge in [0, 0.05) is 6.07 Å². The third-order valence-corrected chi connectivity index (χ3v) is 1.69. The minimum Gasteiger partial charge on any atom is -0.481 e. The Kier molecular flexibility index (Phi) is 2.73. The molecule has 0 radical (unpaired) electrons. The molecule has 0 aliphatic rings. The summed E-state index contributed by atoms with van der Waals surface area (Å²) in [5, 5.41) is 8.50. The topological polar surface area (TPSA) is 50.2 Å². The molecule has 1 aromatic rings. The minimum absolute atomic E-state index is 0.275. The quantitative estimate of drug-likeness (QED) is 0.747. The van der Waals surface area contributed by atoms with Crippen LogP contribution >= 0.6 is 0 Å². The van der Waals surface area contributed by atoms with Gasteiger partial charge in [0.1, 0.15) is 5.82 Å². The molecule has 76 valence electrons. The van der Waals surface area contributed by atoms with Gasteiger partial charge in [0.15, 0.2) is 5.82 Å². The maximum Gasteiger partial charge on any atom is 0.312 e. The maximum absolute atomic E-state index is 12.9. The summed E-state index contributed by atoms with van der Waals surface area (Å²) in [6.45, 7) is 1.13. The molecule has 14 heavy (non-hydrogen) atoms. The van der Waals surface area contributed by atoms with Crippen LogP contribution in [0.25, 0.3) is 0 Å². The number of halogens is 3. The molecular formula is C8H6F3NO2. The fourth-order valence-electron chi connectivity index (χ4n) is 0.878. The molecule has 1 unspecified atom stereocenters. The van der Waals surface area contributed by atoms with Crippen molar-refractivity contribution in [1.82, 2.24) is 4.98 Å². The third kappa shape index (κ3) is 1.84. The first-order valence-electron chi connectivity index (χ1n) is 3.67. The second-order valence-electron chi connectivity index (χ2n) is 2.69. The largest absolute Gasteiger partial charge is 0.481 e. The van der Waals surface area contributed by atoms with Gasteiger partial charge in [-0.2, -0.15) is 4.39 Å². The molecule has 1 N–H and O–H groups in total. The van der Waals surface area contributed by atoms with Gasteiger partial charge < -0.3 is 5.11 Å². The molecule has 0 aliphatic carbocycles. The van der Waals surface area contributed by atoms with Gasteiger partial charge in [-0.05, 0) is 6.92 Å².